The summed E-state index contributed by atoms with van der Waals surface area (Å²) in [6.45, 7) is 2.21. The molecule has 3 aromatic rings. The van der Waals surface area contributed by atoms with Gasteiger partial charge < -0.3 is 15.5 Å². The Morgan fingerprint density at radius 1 is 1.19 bits per heavy atom. The van der Waals surface area contributed by atoms with Crippen LogP contribution in [0.15, 0.2) is 29.3 Å². The minimum absolute atomic E-state index is 0.0102. The van der Waals surface area contributed by atoms with Crippen LogP contribution in [0.3, 0.4) is 0 Å². The van der Waals surface area contributed by atoms with Crippen molar-refractivity contribution in [2.45, 2.75) is 42.9 Å². The standard InChI is InChI=1S/C24H21ClF3N5OS2/c25-16-7-13-10-29-4-3-12(13)8-17(16)31-23-30-11-15(24(26,27)28)20(32-23)18-9-19-21(36-18)22(34)33(5-6-35-19)14-1-2-14/h7-9,11,14,29H,1-6,10H2,(H,30,31,32). The van der Waals surface area contributed by atoms with E-state index in [1.165, 1.54) is 11.8 Å². The molecule has 0 spiro atoms. The van der Waals surface area contributed by atoms with Gasteiger partial charge in [-0.25, -0.2) is 9.97 Å². The number of rotatable bonds is 4. The van der Waals surface area contributed by atoms with Crippen LogP contribution in [0.5, 0.6) is 0 Å². The Kier molecular flexibility index (Phi) is 6.14. The van der Waals surface area contributed by atoms with Crippen LogP contribution in [0, 0.1) is 0 Å². The lowest BCUT2D eigenvalue weighted by atomic mass is 10.0. The maximum Gasteiger partial charge on any atom is 0.420 e. The molecule has 0 bridgehead atoms. The molecule has 1 aliphatic carbocycles. The zero-order valence-corrected chi connectivity index (χ0v) is 21.3. The first-order chi connectivity index (χ1) is 17.3. The Balaban J connectivity index is 1.38. The molecule has 2 aromatic heterocycles. The fourth-order valence-electron chi connectivity index (χ4n) is 4.52. The average Bonchev–Trinajstić information content (AvgIpc) is 3.61. The van der Waals surface area contributed by atoms with E-state index in [1.807, 2.05) is 17.0 Å². The number of aromatic nitrogens is 2. The summed E-state index contributed by atoms with van der Waals surface area (Å²) in [6.07, 6.45) is -1.08. The molecule has 6 nitrogen and oxygen atoms in total. The molecular weight excluding hydrogens is 531 g/mol. The lowest BCUT2D eigenvalue weighted by Crippen LogP contribution is -2.33. The summed E-state index contributed by atoms with van der Waals surface area (Å²) < 4.78 is 41.8. The van der Waals surface area contributed by atoms with Crippen molar-refractivity contribution in [3.05, 3.63) is 51.0 Å². The van der Waals surface area contributed by atoms with Crippen LogP contribution in [0.2, 0.25) is 5.02 Å². The second kappa shape index (κ2) is 9.20. The Morgan fingerprint density at radius 2 is 2.03 bits per heavy atom. The summed E-state index contributed by atoms with van der Waals surface area (Å²) in [5.41, 5.74) is 1.56. The number of fused-ring (bicyclic) bond motifs is 2. The summed E-state index contributed by atoms with van der Waals surface area (Å²) >= 11 is 9.01. The van der Waals surface area contributed by atoms with Gasteiger partial charge in [-0.3, -0.25) is 4.79 Å². The largest absolute Gasteiger partial charge is 0.420 e. The highest BCUT2D eigenvalue weighted by Crippen LogP contribution is 2.44. The van der Waals surface area contributed by atoms with Gasteiger partial charge in [0.15, 0.2) is 0 Å². The highest BCUT2D eigenvalue weighted by Gasteiger charge is 2.39. The van der Waals surface area contributed by atoms with Crippen LogP contribution in [0.25, 0.3) is 10.6 Å². The van der Waals surface area contributed by atoms with Crippen LogP contribution in [-0.2, 0) is 19.1 Å². The third-order valence-corrected chi connectivity index (χ3v) is 9.07. The van der Waals surface area contributed by atoms with Crippen molar-refractivity contribution >= 4 is 52.2 Å². The van der Waals surface area contributed by atoms with Gasteiger partial charge in [0.25, 0.3) is 5.91 Å². The van der Waals surface area contributed by atoms with Gasteiger partial charge >= 0.3 is 6.18 Å². The average molecular weight is 552 g/mol. The first kappa shape index (κ1) is 24.0. The molecule has 6 rings (SSSR count). The number of thioether (sulfide) groups is 1. The van der Waals surface area contributed by atoms with Crippen LogP contribution in [0.4, 0.5) is 24.8 Å². The Bertz CT molecular complexity index is 1360. The van der Waals surface area contributed by atoms with E-state index in [1.54, 1.807) is 6.07 Å². The van der Waals surface area contributed by atoms with Gasteiger partial charge in [0.05, 0.1) is 21.3 Å². The molecule has 4 heterocycles. The molecule has 1 aromatic carbocycles. The molecule has 0 saturated heterocycles. The molecular formula is C24H21ClF3N5OS2. The molecule has 3 aliphatic rings. The van der Waals surface area contributed by atoms with E-state index < -0.39 is 11.7 Å². The maximum atomic E-state index is 13.9. The fourth-order valence-corrected chi connectivity index (χ4v) is 7.07. The lowest BCUT2D eigenvalue weighted by molar-refractivity contribution is -0.137. The van der Waals surface area contributed by atoms with Gasteiger partial charge in [-0.05, 0) is 55.1 Å². The maximum absolute atomic E-state index is 13.9. The van der Waals surface area contributed by atoms with E-state index in [0.717, 1.165) is 54.5 Å². The molecule has 1 fully saturated rings. The number of nitrogens with zero attached hydrogens (tertiary/aromatic N) is 3. The third-order valence-electron chi connectivity index (χ3n) is 6.48. The van der Waals surface area contributed by atoms with Crippen molar-refractivity contribution in [3.63, 3.8) is 0 Å². The number of halogens is 4. The first-order valence-electron chi connectivity index (χ1n) is 11.6. The minimum Gasteiger partial charge on any atom is -0.334 e. The first-order valence-corrected chi connectivity index (χ1v) is 13.8. The van der Waals surface area contributed by atoms with Crippen molar-refractivity contribution in [3.8, 4) is 10.6 Å². The number of hydrogen-bond acceptors (Lipinski definition) is 7. The number of carbonyl (C=O) groups excluding carboxylic acids is 1. The molecule has 12 heteroatoms. The molecule has 0 radical (unpaired) electrons. The van der Waals surface area contributed by atoms with Gasteiger partial charge in [0.2, 0.25) is 5.95 Å². The van der Waals surface area contributed by atoms with Gasteiger partial charge in [-0.1, -0.05) is 11.6 Å². The number of carbonyl (C=O) groups is 1. The van der Waals surface area contributed by atoms with Crippen molar-refractivity contribution in [2.24, 2.45) is 0 Å². The van der Waals surface area contributed by atoms with E-state index >= 15 is 0 Å². The van der Waals surface area contributed by atoms with E-state index in [2.05, 4.69) is 20.6 Å². The van der Waals surface area contributed by atoms with E-state index in [9.17, 15) is 18.0 Å². The number of anilines is 2. The summed E-state index contributed by atoms with van der Waals surface area (Å²) in [6, 6.07) is 5.64. The Morgan fingerprint density at radius 3 is 2.81 bits per heavy atom. The number of nitrogens with one attached hydrogen (secondary N) is 2. The second-order valence-electron chi connectivity index (χ2n) is 8.99. The Hall–Kier alpha value is -2.34. The number of hydrogen-bond donors (Lipinski definition) is 2. The van der Waals surface area contributed by atoms with Crippen molar-refractivity contribution in [1.29, 1.82) is 0 Å². The Labute approximate surface area is 218 Å². The van der Waals surface area contributed by atoms with Crippen LogP contribution >= 0.6 is 34.7 Å². The van der Waals surface area contributed by atoms with Crippen molar-refractivity contribution < 1.29 is 18.0 Å². The third kappa shape index (κ3) is 4.57. The normalized spacial score (nSPS) is 18.0. The van der Waals surface area contributed by atoms with Gasteiger partial charge in [-0.15, -0.1) is 23.1 Å². The second-order valence-corrected chi connectivity index (χ2v) is 11.6. The monoisotopic (exact) mass is 551 g/mol. The smallest absolute Gasteiger partial charge is 0.334 e. The van der Waals surface area contributed by atoms with Gasteiger partial charge in [-0.2, -0.15) is 13.2 Å². The minimum atomic E-state index is -4.65. The van der Waals surface area contributed by atoms with Crippen molar-refractivity contribution in [2.75, 3.05) is 24.2 Å². The van der Waals surface area contributed by atoms with Crippen LogP contribution in [-0.4, -0.2) is 45.7 Å². The topological polar surface area (TPSA) is 70.1 Å². The highest BCUT2D eigenvalue weighted by atomic mass is 35.5. The predicted molar refractivity (Wildman–Crippen MR) is 135 cm³/mol. The van der Waals surface area contributed by atoms with Crippen molar-refractivity contribution in [1.82, 2.24) is 20.2 Å². The summed E-state index contributed by atoms with van der Waals surface area (Å²) in [5, 5.41) is 6.73. The number of benzene rings is 1. The molecule has 0 atom stereocenters. The van der Waals surface area contributed by atoms with E-state index in [0.29, 0.717) is 44.2 Å². The highest BCUT2D eigenvalue weighted by molar-refractivity contribution is 7.99. The van der Waals surface area contributed by atoms with E-state index in [4.69, 9.17) is 11.6 Å². The zero-order valence-electron chi connectivity index (χ0n) is 18.9. The zero-order chi connectivity index (χ0) is 25.0. The molecule has 2 N–H and O–H groups in total. The molecule has 188 valence electrons. The lowest BCUT2D eigenvalue weighted by Gasteiger charge is -2.19. The fraction of sp³-hybridized carbons (Fsp3) is 0.375. The predicted octanol–water partition coefficient (Wildman–Crippen LogP) is 5.98. The summed E-state index contributed by atoms with van der Waals surface area (Å²) in [5.74, 6) is 0.613. The van der Waals surface area contributed by atoms with Gasteiger partial charge in [0, 0.05) is 36.0 Å². The summed E-state index contributed by atoms with van der Waals surface area (Å²) in [7, 11) is 0. The molecule has 1 amide bonds. The van der Waals surface area contributed by atoms with Crippen LogP contribution < -0.4 is 10.6 Å². The quantitative estimate of drug-likeness (QED) is 0.416. The summed E-state index contributed by atoms with van der Waals surface area (Å²) in [4.78, 5) is 24.7. The van der Waals surface area contributed by atoms with E-state index in [-0.39, 0.29) is 23.6 Å². The number of alkyl halides is 3. The molecule has 36 heavy (non-hydrogen) atoms. The van der Waals surface area contributed by atoms with Crippen LogP contribution in [0.1, 0.15) is 39.2 Å². The molecule has 0 unspecified atom stereocenters. The SMILES string of the molecule is O=C1c2sc(-c3nc(Nc4cc5c(cc4Cl)CNCC5)ncc3C(F)(F)F)cc2SCCN1C1CC1. The number of thiophene rings is 1. The number of amides is 1. The molecule has 2 aliphatic heterocycles. The van der Waals surface area contributed by atoms with Gasteiger partial charge in [0.1, 0.15) is 10.4 Å². The molecule has 1 saturated carbocycles.